The fourth-order valence-electron chi connectivity index (χ4n) is 10.8. The first-order valence-corrected chi connectivity index (χ1v) is 25.7. The highest BCUT2D eigenvalue weighted by Gasteiger charge is 2.53. The van der Waals surface area contributed by atoms with Gasteiger partial charge in [-0.25, -0.2) is 0 Å². The number of alkyl halides is 1. The van der Waals surface area contributed by atoms with Crippen molar-refractivity contribution in [3.05, 3.63) is 51.8 Å². The molecular formula is C51H83FN6O15. The molecule has 0 spiro atoms. The highest BCUT2D eigenvalue weighted by molar-refractivity contribution is 5.88. The fourth-order valence-corrected chi connectivity index (χ4v) is 10.8. The van der Waals surface area contributed by atoms with Crippen molar-refractivity contribution in [3.8, 4) is 0 Å². The number of oxime groups is 1. The van der Waals surface area contributed by atoms with E-state index in [1.165, 1.54) is 26.2 Å². The molecule has 3 aliphatic rings. The van der Waals surface area contributed by atoms with Gasteiger partial charge in [0.25, 0.3) is 5.69 Å². The summed E-state index contributed by atoms with van der Waals surface area (Å²) in [5.41, 5.74) is -3.09. The third kappa shape index (κ3) is 14.8. The van der Waals surface area contributed by atoms with Gasteiger partial charge in [-0.1, -0.05) is 50.2 Å². The lowest BCUT2D eigenvalue weighted by atomic mass is 9.73. The predicted octanol–water partition coefficient (Wildman–Crippen LogP) is 4.30. The summed E-state index contributed by atoms with van der Waals surface area (Å²) in [6.07, 6.45) is -7.63. The second kappa shape index (κ2) is 25.8. The van der Waals surface area contributed by atoms with E-state index in [1.54, 1.807) is 72.2 Å². The molecule has 5 rings (SSSR count). The van der Waals surface area contributed by atoms with Crippen LogP contribution in [-0.4, -0.2) is 180 Å². The molecule has 3 saturated heterocycles. The number of nitrogens with zero attached hydrogens (tertiary/aromatic N) is 6. The van der Waals surface area contributed by atoms with E-state index in [2.05, 4.69) is 15.5 Å². The van der Waals surface area contributed by atoms with Crippen LogP contribution in [0, 0.1) is 33.8 Å². The highest BCUT2D eigenvalue weighted by atomic mass is 19.1. The van der Waals surface area contributed by atoms with Crippen LogP contribution in [0.5, 0.6) is 0 Å². The zero-order valence-electron chi connectivity index (χ0n) is 44.7. The number of aryl methyl sites for hydroxylation is 2. The van der Waals surface area contributed by atoms with E-state index in [1.807, 2.05) is 25.1 Å². The molecular weight excluding hydrogens is 956 g/mol. The molecule has 414 valence electrons. The predicted molar refractivity (Wildman–Crippen MR) is 265 cm³/mol. The molecule has 5 N–H and O–H groups in total. The Labute approximate surface area is 428 Å². The maximum Gasteiger partial charge on any atom is 0.311 e. The molecule has 0 bridgehead atoms. The van der Waals surface area contributed by atoms with Crippen LogP contribution in [0.1, 0.15) is 113 Å². The molecule has 2 aromatic rings. The Hall–Kier alpha value is -3.81. The molecule has 4 heterocycles. The topological polar surface area (TPSA) is 272 Å². The van der Waals surface area contributed by atoms with Crippen molar-refractivity contribution in [1.29, 1.82) is 0 Å². The number of cyclic esters (lactones) is 1. The van der Waals surface area contributed by atoms with Gasteiger partial charge in [0.05, 0.1) is 70.6 Å². The highest BCUT2D eigenvalue weighted by Crippen LogP contribution is 2.41. The lowest BCUT2D eigenvalue weighted by molar-refractivity contribution is -0.384. The van der Waals surface area contributed by atoms with E-state index >= 15 is 0 Å². The number of carbonyl (C=O) groups excluding carboxylic acids is 1. The van der Waals surface area contributed by atoms with Crippen molar-refractivity contribution in [2.75, 3.05) is 34.0 Å². The summed E-state index contributed by atoms with van der Waals surface area (Å²) in [5, 5.41) is 84.4. The lowest BCUT2D eigenvalue weighted by Gasteiger charge is -2.49. The molecule has 0 radical (unpaired) electrons. The number of benzene rings is 1. The van der Waals surface area contributed by atoms with Crippen LogP contribution < -0.4 is 0 Å². The number of nitro groups is 1. The summed E-state index contributed by atoms with van der Waals surface area (Å²) < 4.78 is 53.1. The number of methoxy groups -OCH3 is 1. The van der Waals surface area contributed by atoms with Crippen LogP contribution in [0.2, 0.25) is 0 Å². The molecule has 0 saturated carbocycles. The normalized spacial score (nSPS) is 38.8. The Morgan fingerprint density at radius 3 is 2.30 bits per heavy atom. The van der Waals surface area contributed by atoms with Gasteiger partial charge >= 0.3 is 5.97 Å². The summed E-state index contributed by atoms with van der Waals surface area (Å²) in [7, 11) is 3.35. The van der Waals surface area contributed by atoms with Crippen LogP contribution in [0.25, 0.3) is 0 Å². The molecule has 0 unspecified atom stereocenters. The zero-order valence-corrected chi connectivity index (χ0v) is 44.7. The number of aromatic nitrogens is 3. The van der Waals surface area contributed by atoms with Gasteiger partial charge in [-0.05, 0) is 79.8 Å². The lowest BCUT2D eigenvalue weighted by Crippen LogP contribution is -2.61. The smallest absolute Gasteiger partial charge is 0.311 e. The van der Waals surface area contributed by atoms with Gasteiger partial charge in [0.2, 0.25) is 0 Å². The first kappa shape index (κ1) is 60.1. The van der Waals surface area contributed by atoms with E-state index in [0.717, 1.165) is 11.3 Å². The number of esters is 1. The molecule has 3 fully saturated rings. The largest absolute Gasteiger partial charge is 0.459 e. The average Bonchev–Trinajstić information content (AvgIpc) is 3.81. The number of ether oxygens (including phenoxy) is 6. The number of aliphatic hydroxyl groups is 5. The number of nitro benzene ring substituents is 1. The zero-order chi connectivity index (χ0) is 54.2. The SMILES string of the molecule is CC[C@H]1OC(=O)[C@H](C)[C@@H](O[C@H]2C[C@@](C)(OC)[C@@H](O)[C@H](C)O2)[C@H](C)[C@@H](O[C@@H]2O[C@H](C)C[C@H](N(C)CCc3cn(CCc4ccc([N+](=O)[O-])cc4)nn3)[C@H]2O)[C@](C)(O)C[C@@H](C)/C(=N\OCCCF)[C@H](C)[C@@H](O)[C@]1(C)O. The Bertz CT molecular complexity index is 2100. The average molecular weight is 1040 g/mol. The van der Waals surface area contributed by atoms with Gasteiger partial charge in [0.1, 0.15) is 30.5 Å². The monoisotopic (exact) mass is 1040 g/mol. The Morgan fingerprint density at radius 2 is 1.67 bits per heavy atom. The quantitative estimate of drug-likeness (QED) is 0.0603. The summed E-state index contributed by atoms with van der Waals surface area (Å²) in [6, 6.07) is 5.88. The molecule has 0 amide bonds. The van der Waals surface area contributed by atoms with Crippen LogP contribution >= 0.6 is 0 Å². The molecule has 0 aliphatic carbocycles. The standard InChI is InChI=1S/C51H83FN6O15/c1-13-39-51(10,64)44(60)31(4)41(54-68-24-14-21-52)29(2)26-49(8,63)46(32(5)43(33(6)47(62)71-39)72-40-27-50(9,67-12)45(61)34(7)70-40)73-48-42(59)38(25-30(3)69-48)56(11)22-20-36-28-57(55-53-36)23-19-35-15-17-37(18-16-35)58(65)66/h15-18,28-34,38-40,42-46,48,59-61,63-64H,13-14,19-27H2,1-12H3/b54-41+/t29-,30-,31+,32+,33-,34+,38+,39-,40+,42-,43+,44-,45+,46-,48+,49-,50-,51-/m1/s1. The third-order valence-corrected chi connectivity index (χ3v) is 15.4. The van der Waals surface area contributed by atoms with Gasteiger partial charge in [0, 0.05) is 81.6 Å². The van der Waals surface area contributed by atoms with Crippen LogP contribution in [0.4, 0.5) is 10.1 Å². The number of rotatable bonds is 18. The minimum atomic E-state index is -2.02. The van der Waals surface area contributed by atoms with E-state index < -0.39 is 125 Å². The molecule has 18 atom stereocenters. The molecule has 22 heteroatoms. The number of halogens is 1. The molecule has 73 heavy (non-hydrogen) atoms. The van der Waals surface area contributed by atoms with Crippen molar-refractivity contribution in [2.24, 2.45) is 28.8 Å². The van der Waals surface area contributed by atoms with Crippen molar-refractivity contribution in [2.45, 2.75) is 205 Å². The summed E-state index contributed by atoms with van der Waals surface area (Å²) in [4.78, 5) is 32.7. The van der Waals surface area contributed by atoms with Gasteiger partial charge in [-0.3, -0.25) is 24.0 Å². The minimum Gasteiger partial charge on any atom is -0.459 e. The van der Waals surface area contributed by atoms with E-state index in [-0.39, 0.29) is 43.7 Å². The van der Waals surface area contributed by atoms with Crippen LogP contribution in [0.3, 0.4) is 0 Å². The Morgan fingerprint density at radius 1 is 0.986 bits per heavy atom. The maximum atomic E-state index is 14.5. The number of hydrogen-bond donors (Lipinski definition) is 5. The van der Waals surface area contributed by atoms with Crippen molar-refractivity contribution in [1.82, 2.24) is 19.9 Å². The van der Waals surface area contributed by atoms with Gasteiger partial charge < -0.3 is 63.7 Å². The van der Waals surface area contributed by atoms with Gasteiger partial charge in [0.15, 0.2) is 12.6 Å². The summed E-state index contributed by atoms with van der Waals surface area (Å²) >= 11 is 0. The first-order valence-electron chi connectivity index (χ1n) is 25.7. The molecule has 1 aromatic heterocycles. The van der Waals surface area contributed by atoms with Crippen molar-refractivity contribution >= 4 is 17.4 Å². The van der Waals surface area contributed by atoms with Crippen LogP contribution in [-0.2, 0) is 57.4 Å². The summed E-state index contributed by atoms with van der Waals surface area (Å²) in [6.45, 7) is 16.9. The van der Waals surface area contributed by atoms with E-state index in [4.69, 9.17) is 33.3 Å². The number of hydrogen-bond acceptors (Lipinski definition) is 19. The minimum absolute atomic E-state index is 0.0227. The second-order valence-corrected chi connectivity index (χ2v) is 21.4. The molecule has 21 nitrogen and oxygen atoms in total. The Kier molecular flexibility index (Phi) is 21.2. The number of non-ortho nitro benzene ring substituents is 1. The van der Waals surface area contributed by atoms with Gasteiger partial charge in [-0.2, -0.15) is 0 Å². The Balaban J connectivity index is 1.47. The fraction of sp³-hybridized carbons (Fsp3) is 0.804. The van der Waals surface area contributed by atoms with E-state index in [9.17, 15) is 44.8 Å². The number of likely N-dealkylation sites (N-methyl/N-ethyl adjacent to an activating group) is 1. The van der Waals surface area contributed by atoms with Crippen molar-refractivity contribution in [3.63, 3.8) is 0 Å². The first-order chi connectivity index (χ1) is 34.3. The molecule has 1 aromatic carbocycles. The third-order valence-electron chi connectivity index (χ3n) is 15.4. The number of carbonyl (C=O) groups is 1. The van der Waals surface area contributed by atoms with E-state index in [0.29, 0.717) is 32.4 Å². The van der Waals surface area contributed by atoms with Crippen LogP contribution in [0.15, 0.2) is 35.6 Å². The van der Waals surface area contributed by atoms with Gasteiger partial charge in [-0.15, -0.1) is 5.10 Å². The second-order valence-electron chi connectivity index (χ2n) is 21.4. The maximum absolute atomic E-state index is 14.5. The summed E-state index contributed by atoms with van der Waals surface area (Å²) in [5.74, 6) is -4.47. The molecule has 3 aliphatic heterocycles. The van der Waals surface area contributed by atoms with Crippen molar-refractivity contribution < 1.29 is 72.9 Å². The number of aliphatic hydroxyl groups excluding tert-OH is 3.